The summed E-state index contributed by atoms with van der Waals surface area (Å²) in [6.45, 7) is 11.2. The third-order valence-corrected chi connectivity index (χ3v) is 8.77. The molecule has 0 amide bonds. The molecule has 3 heterocycles. The van der Waals surface area contributed by atoms with Crippen molar-refractivity contribution in [2.75, 3.05) is 44.7 Å². The van der Waals surface area contributed by atoms with E-state index < -0.39 is 16.9 Å². The SMILES string of the molecule is CCOC(=O)C1=C(C)N=c2sc(=Cc3cc([N+](=O)[O-])ccc3N3CCN(C)CC3)c(=O)n2[C@H]1c1ccc(C(C)C)cc1. The number of nitrogens with zero attached hydrogens (tertiary/aromatic N) is 5. The molecule has 11 heteroatoms. The van der Waals surface area contributed by atoms with Gasteiger partial charge in [-0.15, -0.1) is 0 Å². The minimum atomic E-state index is -0.717. The molecule has 0 unspecified atom stereocenters. The number of nitro groups is 1. The summed E-state index contributed by atoms with van der Waals surface area (Å²) < 4.78 is 7.33. The zero-order valence-corrected chi connectivity index (χ0v) is 25.3. The topological polar surface area (TPSA) is 110 Å². The molecule has 0 spiro atoms. The van der Waals surface area contributed by atoms with E-state index in [-0.39, 0.29) is 17.9 Å². The molecule has 1 saturated heterocycles. The number of esters is 1. The first-order chi connectivity index (χ1) is 20.1. The molecule has 2 aliphatic rings. The number of allylic oxidation sites excluding steroid dienone is 1. The number of carbonyl (C=O) groups is 1. The van der Waals surface area contributed by atoms with Gasteiger partial charge in [0, 0.05) is 49.6 Å². The van der Waals surface area contributed by atoms with Crippen molar-refractivity contribution in [1.29, 1.82) is 0 Å². The van der Waals surface area contributed by atoms with Crippen molar-refractivity contribution in [3.8, 4) is 0 Å². The predicted octanol–water partition coefficient (Wildman–Crippen LogP) is 3.58. The minimum Gasteiger partial charge on any atom is -0.463 e. The molecular formula is C31H35N5O5S. The summed E-state index contributed by atoms with van der Waals surface area (Å²) in [6, 6.07) is 12.0. The minimum absolute atomic E-state index is 0.0459. The van der Waals surface area contributed by atoms with Crippen molar-refractivity contribution in [2.45, 2.75) is 39.7 Å². The first-order valence-electron chi connectivity index (χ1n) is 14.1. The normalized spacial score (nSPS) is 17.8. The third kappa shape index (κ3) is 5.66. The highest BCUT2D eigenvalue weighted by atomic mass is 32.1. The fraction of sp³-hybridized carbons (Fsp3) is 0.387. The summed E-state index contributed by atoms with van der Waals surface area (Å²) in [5, 5.41) is 11.7. The summed E-state index contributed by atoms with van der Waals surface area (Å²) in [5.74, 6) is -0.186. The molecular weight excluding hydrogens is 554 g/mol. The summed E-state index contributed by atoms with van der Waals surface area (Å²) in [5.41, 5.74) is 3.80. The Kier molecular flexibility index (Phi) is 8.42. The molecule has 1 fully saturated rings. The molecule has 0 radical (unpaired) electrons. The van der Waals surface area contributed by atoms with Crippen LogP contribution in [0.1, 0.15) is 56.3 Å². The number of non-ortho nitro benzene ring substituents is 1. The van der Waals surface area contributed by atoms with Crippen molar-refractivity contribution in [2.24, 2.45) is 4.99 Å². The van der Waals surface area contributed by atoms with Gasteiger partial charge in [0.05, 0.1) is 33.4 Å². The number of ether oxygens (including phenoxy) is 1. The molecule has 1 atom stereocenters. The zero-order valence-electron chi connectivity index (χ0n) is 24.5. The molecule has 0 aliphatic carbocycles. The van der Waals surface area contributed by atoms with Crippen LogP contribution in [-0.2, 0) is 9.53 Å². The van der Waals surface area contributed by atoms with E-state index in [2.05, 4.69) is 35.7 Å². The fourth-order valence-electron chi connectivity index (χ4n) is 5.42. The summed E-state index contributed by atoms with van der Waals surface area (Å²) in [6.07, 6.45) is 1.72. The molecule has 10 nitrogen and oxygen atoms in total. The second kappa shape index (κ2) is 12.0. The average Bonchev–Trinajstić information content (AvgIpc) is 3.26. The van der Waals surface area contributed by atoms with Crippen LogP contribution in [0.25, 0.3) is 6.08 Å². The molecule has 2 aliphatic heterocycles. The van der Waals surface area contributed by atoms with Crippen molar-refractivity contribution < 1.29 is 14.5 Å². The van der Waals surface area contributed by atoms with E-state index in [1.54, 1.807) is 30.6 Å². The van der Waals surface area contributed by atoms with Gasteiger partial charge in [-0.25, -0.2) is 9.79 Å². The predicted molar refractivity (Wildman–Crippen MR) is 164 cm³/mol. The molecule has 42 heavy (non-hydrogen) atoms. The second-order valence-corrected chi connectivity index (χ2v) is 11.9. The highest BCUT2D eigenvalue weighted by Crippen LogP contribution is 2.32. The van der Waals surface area contributed by atoms with E-state index in [1.165, 1.54) is 23.5 Å². The smallest absolute Gasteiger partial charge is 0.338 e. The average molecular weight is 590 g/mol. The number of carbonyl (C=O) groups excluding carboxylic acids is 1. The van der Waals surface area contributed by atoms with Gasteiger partial charge in [-0.2, -0.15) is 0 Å². The highest BCUT2D eigenvalue weighted by molar-refractivity contribution is 7.07. The fourth-order valence-corrected chi connectivity index (χ4v) is 6.46. The van der Waals surface area contributed by atoms with Crippen molar-refractivity contribution >= 4 is 34.8 Å². The van der Waals surface area contributed by atoms with E-state index in [0.717, 1.165) is 43.0 Å². The molecule has 0 bridgehead atoms. The quantitative estimate of drug-likeness (QED) is 0.235. The Hall–Kier alpha value is -4.09. The molecule has 5 rings (SSSR count). The van der Waals surface area contributed by atoms with E-state index in [0.29, 0.717) is 32.1 Å². The van der Waals surface area contributed by atoms with Crippen molar-refractivity contribution in [3.63, 3.8) is 0 Å². The van der Waals surface area contributed by atoms with Gasteiger partial charge in [0.2, 0.25) is 0 Å². The van der Waals surface area contributed by atoms with Crippen LogP contribution in [-0.4, -0.2) is 60.2 Å². The Morgan fingerprint density at radius 2 is 1.86 bits per heavy atom. The molecule has 2 aromatic carbocycles. The maximum Gasteiger partial charge on any atom is 0.338 e. The summed E-state index contributed by atoms with van der Waals surface area (Å²) in [4.78, 5) is 48.1. The Balaban J connectivity index is 1.69. The van der Waals surface area contributed by atoms with Crippen LogP contribution in [0, 0.1) is 10.1 Å². The number of piperazine rings is 1. The van der Waals surface area contributed by atoms with Crippen LogP contribution >= 0.6 is 11.3 Å². The number of hydrogen-bond acceptors (Lipinski definition) is 9. The van der Waals surface area contributed by atoms with Crippen LogP contribution in [0.5, 0.6) is 0 Å². The largest absolute Gasteiger partial charge is 0.463 e. The van der Waals surface area contributed by atoms with Crippen LogP contribution in [0.3, 0.4) is 0 Å². The monoisotopic (exact) mass is 589 g/mol. The standard InChI is InChI=1S/C31H35N5O5S/c1-6-41-30(38)27-20(4)32-31-35(28(27)22-9-7-21(8-10-22)19(2)3)29(37)26(42-31)18-23-17-24(36(39)40)11-12-25(23)34-15-13-33(5)14-16-34/h7-12,17-19,28H,6,13-16H2,1-5H3/t28-/m0/s1. The third-order valence-electron chi connectivity index (χ3n) is 7.79. The van der Waals surface area contributed by atoms with Gasteiger partial charge in [-0.1, -0.05) is 49.4 Å². The van der Waals surface area contributed by atoms with E-state index in [4.69, 9.17) is 4.74 Å². The number of fused-ring (bicyclic) bond motifs is 1. The number of thiazole rings is 1. The van der Waals surface area contributed by atoms with Crippen molar-refractivity contribution in [1.82, 2.24) is 9.47 Å². The van der Waals surface area contributed by atoms with Crippen LogP contribution in [0.4, 0.5) is 11.4 Å². The van der Waals surface area contributed by atoms with Crippen molar-refractivity contribution in [3.05, 3.63) is 100 Å². The number of aromatic nitrogens is 1. The van der Waals surface area contributed by atoms with E-state index >= 15 is 0 Å². The van der Waals surface area contributed by atoms with E-state index in [9.17, 15) is 19.7 Å². The van der Waals surface area contributed by atoms with Gasteiger partial charge >= 0.3 is 5.97 Å². The van der Waals surface area contributed by atoms with Gasteiger partial charge < -0.3 is 14.5 Å². The zero-order chi connectivity index (χ0) is 30.1. The number of nitro benzene ring substituents is 1. The Bertz CT molecular complexity index is 1730. The molecule has 0 saturated carbocycles. The molecule has 0 N–H and O–H groups in total. The lowest BCUT2D eigenvalue weighted by Gasteiger charge is -2.34. The van der Waals surface area contributed by atoms with Gasteiger partial charge in [0.25, 0.3) is 11.2 Å². The number of anilines is 1. The maximum atomic E-state index is 14.1. The van der Waals surface area contributed by atoms with Gasteiger partial charge in [-0.3, -0.25) is 19.5 Å². The number of rotatable bonds is 7. The highest BCUT2D eigenvalue weighted by Gasteiger charge is 2.33. The van der Waals surface area contributed by atoms with Gasteiger partial charge in [-0.05, 0) is 50.1 Å². The van der Waals surface area contributed by atoms with Crippen LogP contribution in [0.15, 0.2) is 63.5 Å². The van der Waals surface area contributed by atoms with Crippen LogP contribution in [0.2, 0.25) is 0 Å². The number of likely N-dealkylation sites (N-methyl/N-ethyl adjacent to an activating group) is 1. The summed E-state index contributed by atoms with van der Waals surface area (Å²) in [7, 11) is 2.06. The lowest BCUT2D eigenvalue weighted by atomic mass is 9.93. The maximum absolute atomic E-state index is 14.1. The van der Waals surface area contributed by atoms with Gasteiger partial charge in [0.15, 0.2) is 4.80 Å². The number of benzene rings is 2. The molecule has 3 aromatic rings. The lowest BCUT2D eigenvalue weighted by Crippen LogP contribution is -2.44. The van der Waals surface area contributed by atoms with Crippen LogP contribution < -0.4 is 19.8 Å². The lowest BCUT2D eigenvalue weighted by molar-refractivity contribution is -0.384. The molecule has 220 valence electrons. The Labute approximate surface area is 248 Å². The first kappa shape index (κ1) is 29.4. The first-order valence-corrected chi connectivity index (χ1v) is 14.9. The summed E-state index contributed by atoms with van der Waals surface area (Å²) >= 11 is 1.21. The number of hydrogen-bond donors (Lipinski definition) is 0. The van der Waals surface area contributed by atoms with E-state index in [1.807, 2.05) is 24.3 Å². The molecule has 1 aromatic heterocycles. The Morgan fingerprint density at radius 1 is 1.17 bits per heavy atom. The van der Waals surface area contributed by atoms with Gasteiger partial charge in [0.1, 0.15) is 0 Å². The second-order valence-electron chi connectivity index (χ2n) is 10.9. The Morgan fingerprint density at radius 3 is 2.48 bits per heavy atom.